The molecule has 4 aromatic rings. The number of thiazole rings is 1. The molecule has 214 valence electrons. The molecule has 0 aliphatic rings. The van der Waals surface area contributed by atoms with Gasteiger partial charge in [0, 0.05) is 30.6 Å². The summed E-state index contributed by atoms with van der Waals surface area (Å²) in [6, 6.07) is 17.0. The molecule has 2 amide bonds. The van der Waals surface area contributed by atoms with E-state index in [-0.39, 0.29) is 21.7 Å². The lowest BCUT2D eigenvalue weighted by atomic mass is 10.2. The van der Waals surface area contributed by atoms with Crippen LogP contribution in [0.5, 0.6) is 28.1 Å². The lowest BCUT2D eigenvalue weighted by Crippen LogP contribution is -2.18. The van der Waals surface area contributed by atoms with Crippen LogP contribution in [0.4, 0.5) is 5.13 Å². The Morgan fingerprint density at radius 1 is 0.951 bits per heavy atom. The number of rotatable bonds is 12. The van der Waals surface area contributed by atoms with Crippen LogP contribution < -0.4 is 25.3 Å². The zero-order chi connectivity index (χ0) is 29.6. The lowest BCUT2D eigenvalue weighted by molar-refractivity contribution is 0.0916. The van der Waals surface area contributed by atoms with Gasteiger partial charge in [-0.1, -0.05) is 17.4 Å². The molecule has 0 radical (unpaired) electrons. The number of nitrogens with zero attached hydrogens (tertiary/aromatic N) is 1. The zero-order valence-corrected chi connectivity index (χ0v) is 24.0. The van der Waals surface area contributed by atoms with Gasteiger partial charge in [0.25, 0.3) is 5.91 Å². The molecule has 1 heterocycles. The fourth-order valence-electron chi connectivity index (χ4n) is 3.58. The van der Waals surface area contributed by atoms with Gasteiger partial charge in [0.2, 0.25) is 11.0 Å². The standard InChI is InChI=1S/C28H27N3O8S2/c1-17(16-36-2)37-22-12-19(13-23(14-22)38-20-7-9-24(10-8-20)41(3,34)35)27(33)31-28-30-15-25(40-28)39-21-6-4-5-18(11-21)26(29)32/h4-15,17H,16H2,1-3H3,(H2,29,32)(H,30,31,33)/t17-/m0/s1. The van der Waals surface area contributed by atoms with E-state index >= 15 is 0 Å². The highest BCUT2D eigenvalue weighted by Gasteiger charge is 2.16. The predicted octanol–water partition coefficient (Wildman–Crippen LogP) is 4.90. The summed E-state index contributed by atoms with van der Waals surface area (Å²) in [4.78, 5) is 29.0. The molecular weight excluding hydrogens is 570 g/mol. The van der Waals surface area contributed by atoms with Crippen molar-refractivity contribution in [3.63, 3.8) is 0 Å². The number of nitrogens with one attached hydrogen (secondary N) is 1. The van der Waals surface area contributed by atoms with E-state index < -0.39 is 21.7 Å². The van der Waals surface area contributed by atoms with Crippen molar-refractivity contribution in [3.05, 3.63) is 84.1 Å². The Kier molecular flexibility index (Phi) is 9.22. The molecule has 0 saturated heterocycles. The van der Waals surface area contributed by atoms with E-state index in [1.165, 1.54) is 42.6 Å². The topological polar surface area (TPSA) is 156 Å². The van der Waals surface area contributed by atoms with Crippen molar-refractivity contribution in [2.45, 2.75) is 17.9 Å². The van der Waals surface area contributed by atoms with Gasteiger partial charge in [0.15, 0.2) is 15.0 Å². The predicted molar refractivity (Wildman–Crippen MR) is 153 cm³/mol. The normalized spacial score (nSPS) is 11.9. The first kappa shape index (κ1) is 29.5. The van der Waals surface area contributed by atoms with E-state index in [4.69, 9.17) is 24.7 Å². The van der Waals surface area contributed by atoms with Gasteiger partial charge in [-0.05, 0) is 61.5 Å². The molecule has 0 aliphatic heterocycles. The Labute approximate surface area is 240 Å². The maximum Gasteiger partial charge on any atom is 0.257 e. The van der Waals surface area contributed by atoms with Gasteiger partial charge < -0.3 is 24.7 Å². The van der Waals surface area contributed by atoms with Crippen LogP contribution in [0.3, 0.4) is 0 Å². The third kappa shape index (κ3) is 8.27. The molecule has 0 spiro atoms. The van der Waals surface area contributed by atoms with Gasteiger partial charge in [0.05, 0.1) is 17.7 Å². The van der Waals surface area contributed by atoms with Crippen LogP contribution in [0.15, 0.2) is 77.8 Å². The van der Waals surface area contributed by atoms with Crippen LogP contribution >= 0.6 is 11.3 Å². The molecule has 0 fully saturated rings. The van der Waals surface area contributed by atoms with Crippen molar-refractivity contribution >= 4 is 38.1 Å². The third-order valence-corrected chi connectivity index (χ3v) is 7.33. The Morgan fingerprint density at radius 3 is 2.34 bits per heavy atom. The molecular formula is C28H27N3O8S2. The number of ether oxygens (including phenoxy) is 4. The molecule has 4 rings (SSSR count). The molecule has 0 aliphatic carbocycles. The number of methoxy groups -OCH3 is 1. The summed E-state index contributed by atoms with van der Waals surface area (Å²) in [6.07, 6.45) is 2.25. The number of amides is 2. The van der Waals surface area contributed by atoms with Crippen molar-refractivity contribution in [2.75, 3.05) is 25.3 Å². The van der Waals surface area contributed by atoms with E-state index in [1.54, 1.807) is 37.4 Å². The van der Waals surface area contributed by atoms with Crippen molar-refractivity contribution < 1.29 is 37.0 Å². The Bertz CT molecular complexity index is 1650. The maximum atomic E-state index is 13.2. The summed E-state index contributed by atoms with van der Waals surface area (Å²) in [5.74, 6) is 0.357. The number of aromatic nitrogens is 1. The van der Waals surface area contributed by atoms with E-state index in [2.05, 4.69) is 10.3 Å². The summed E-state index contributed by atoms with van der Waals surface area (Å²) < 4.78 is 46.2. The highest BCUT2D eigenvalue weighted by Crippen LogP contribution is 2.32. The van der Waals surface area contributed by atoms with E-state index in [0.717, 1.165) is 17.6 Å². The van der Waals surface area contributed by atoms with Gasteiger partial charge in [-0.3, -0.25) is 14.9 Å². The number of sulfone groups is 1. The molecule has 1 atom stereocenters. The zero-order valence-electron chi connectivity index (χ0n) is 22.3. The number of primary amides is 1. The van der Waals surface area contributed by atoms with Crippen LogP contribution in [-0.2, 0) is 14.6 Å². The second kappa shape index (κ2) is 12.8. The number of benzene rings is 3. The Morgan fingerprint density at radius 2 is 1.66 bits per heavy atom. The van der Waals surface area contributed by atoms with Crippen LogP contribution in [-0.4, -0.2) is 51.3 Å². The molecule has 11 nitrogen and oxygen atoms in total. The number of carbonyl (C=O) groups is 2. The molecule has 41 heavy (non-hydrogen) atoms. The van der Waals surface area contributed by atoms with Crippen LogP contribution in [0.1, 0.15) is 27.6 Å². The monoisotopic (exact) mass is 597 g/mol. The van der Waals surface area contributed by atoms with Gasteiger partial charge in [-0.2, -0.15) is 0 Å². The van der Waals surface area contributed by atoms with Crippen LogP contribution in [0.2, 0.25) is 0 Å². The van der Waals surface area contributed by atoms with Crippen LogP contribution in [0, 0.1) is 0 Å². The highest BCUT2D eigenvalue weighted by atomic mass is 32.2. The van der Waals surface area contributed by atoms with Crippen LogP contribution in [0.25, 0.3) is 0 Å². The molecule has 0 bridgehead atoms. The maximum absolute atomic E-state index is 13.2. The largest absolute Gasteiger partial charge is 0.488 e. The first-order valence-electron chi connectivity index (χ1n) is 12.1. The summed E-state index contributed by atoms with van der Waals surface area (Å²) >= 11 is 1.09. The fourth-order valence-corrected chi connectivity index (χ4v) is 4.90. The van der Waals surface area contributed by atoms with Crippen molar-refractivity contribution in [1.29, 1.82) is 0 Å². The van der Waals surface area contributed by atoms with Crippen molar-refractivity contribution in [1.82, 2.24) is 4.98 Å². The number of hydrogen-bond donors (Lipinski definition) is 2. The van der Waals surface area contributed by atoms with Crippen molar-refractivity contribution in [2.24, 2.45) is 5.73 Å². The van der Waals surface area contributed by atoms with E-state index in [9.17, 15) is 18.0 Å². The average Bonchev–Trinajstić information content (AvgIpc) is 3.35. The first-order valence-corrected chi connectivity index (χ1v) is 14.8. The smallest absolute Gasteiger partial charge is 0.257 e. The third-order valence-electron chi connectivity index (χ3n) is 5.41. The minimum absolute atomic E-state index is 0.155. The highest BCUT2D eigenvalue weighted by molar-refractivity contribution is 7.90. The SMILES string of the molecule is COC[C@H](C)Oc1cc(Oc2ccc(S(C)(=O)=O)cc2)cc(C(=O)Nc2ncc(Oc3cccc(C(N)=O)c3)s2)c1. The fraction of sp³-hybridized carbons (Fsp3) is 0.179. The Balaban J connectivity index is 1.53. The number of nitrogens with two attached hydrogens (primary N) is 1. The van der Waals surface area contributed by atoms with Crippen molar-refractivity contribution in [3.8, 4) is 28.1 Å². The second-order valence-corrected chi connectivity index (χ2v) is 11.9. The summed E-state index contributed by atoms with van der Waals surface area (Å²) in [6.45, 7) is 2.14. The molecule has 1 aromatic heterocycles. The number of carbonyl (C=O) groups excluding carboxylic acids is 2. The number of anilines is 1. The molecule has 13 heteroatoms. The van der Waals surface area contributed by atoms with E-state index in [0.29, 0.717) is 40.2 Å². The molecule has 0 unspecified atom stereocenters. The summed E-state index contributed by atoms with van der Waals surface area (Å²) in [7, 11) is -1.81. The quantitative estimate of drug-likeness (QED) is 0.232. The van der Waals surface area contributed by atoms with Gasteiger partial charge in [-0.15, -0.1) is 0 Å². The average molecular weight is 598 g/mol. The van der Waals surface area contributed by atoms with Gasteiger partial charge >= 0.3 is 0 Å². The first-order chi connectivity index (χ1) is 19.5. The number of hydrogen-bond acceptors (Lipinski definition) is 10. The van der Waals surface area contributed by atoms with E-state index in [1.807, 2.05) is 6.92 Å². The molecule has 3 aromatic carbocycles. The molecule has 0 saturated carbocycles. The van der Waals surface area contributed by atoms with Gasteiger partial charge in [-0.25, -0.2) is 13.4 Å². The Hall–Kier alpha value is -4.46. The minimum atomic E-state index is -3.36. The molecule has 3 N–H and O–H groups in total. The second-order valence-electron chi connectivity index (χ2n) is 8.86. The lowest BCUT2D eigenvalue weighted by Gasteiger charge is -2.16. The van der Waals surface area contributed by atoms with Gasteiger partial charge in [0.1, 0.15) is 29.1 Å². The summed E-state index contributed by atoms with van der Waals surface area (Å²) in [5, 5.41) is 3.38. The minimum Gasteiger partial charge on any atom is -0.488 e. The summed E-state index contributed by atoms with van der Waals surface area (Å²) in [5.41, 5.74) is 5.84.